The maximum Gasteiger partial charge on any atom is 0.417 e. The van der Waals surface area contributed by atoms with Crippen LogP contribution < -0.4 is 16.1 Å². The molecule has 0 spiro atoms. The van der Waals surface area contributed by atoms with Crippen molar-refractivity contribution in [1.29, 1.82) is 0 Å². The molecule has 11 heteroatoms. The average molecular weight is 535 g/mol. The van der Waals surface area contributed by atoms with Crippen LogP contribution in [0.1, 0.15) is 43.7 Å². The highest BCUT2D eigenvalue weighted by Crippen LogP contribution is 2.37. The van der Waals surface area contributed by atoms with Gasteiger partial charge in [0.05, 0.1) is 24.1 Å². The van der Waals surface area contributed by atoms with Crippen LogP contribution in [0.2, 0.25) is 0 Å². The summed E-state index contributed by atoms with van der Waals surface area (Å²) in [6, 6.07) is 8.89. The first kappa shape index (κ1) is 27.0. The Kier molecular flexibility index (Phi) is 7.94. The fourth-order valence-corrected chi connectivity index (χ4v) is 4.35. The van der Waals surface area contributed by atoms with Crippen LogP contribution in [0.15, 0.2) is 62.7 Å². The molecular weight excluding hydrogens is 508 g/mol. The van der Waals surface area contributed by atoms with Crippen molar-refractivity contribution in [2.24, 2.45) is 0 Å². The molecule has 4 rings (SSSR count). The Bertz CT molecular complexity index is 1550. The Morgan fingerprint density at radius 2 is 1.82 bits per heavy atom. The summed E-state index contributed by atoms with van der Waals surface area (Å²) >= 11 is 0. The number of fused-ring (bicyclic) bond motifs is 1. The van der Waals surface area contributed by atoms with Crippen LogP contribution >= 0.6 is 0 Å². The maximum atomic E-state index is 14.0. The third-order valence-electron chi connectivity index (χ3n) is 6.13. The number of benzene rings is 2. The molecule has 2 heterocycles. The number of aryl methyl sites for hydroxylation is 1. The number of rotatable bonds is 10. The lowest BCUT2D eigenvalue weighted by Gasteiger charge is -2.15. The summed E-state index contributed by atoms with van der Waals surface area (Å²) in [5.74, 6) is -0.527. The van der Waals surface area contributed by atoms with E-state index in [0.717, 1.165) is 9.13 Å². The fourth-order valence-electron chi connectivity index (χ4n) is 4.35. The molecule has 0 fully saturated rings. The standard InChI is InChI=1S/C27H26F4N2O5/c1-2-8-18-22(12-11-17-19(27(29,30)31)15-24(35)38-25(17)18)37-14-7-3-6-13-32-23(34)16-33(26(32)36)21-10-5-4-9-20(21)28/h4-5,9-12,15-16,34H,2-3,6-8,13-14H2,1H3. The van der Waals surface area contributed by atoms with Crippen LogP contribution in [-0.2, 0) is 19.1 Å². The van der Waals surface area contributed by atoms with Gasteiger partial charge in [-0.1, -0.05) is 25.5 Å². The van der Waals surface area contributed by atoms with Crippen LogP contribution in [0.25, 0.3) is 16.7 Å². The van der Waals surface area contributed by atoms with Gasteiger partial charge in [0.25, 0.3) is 0 Å². The maximum absolute atomic E-state index is 14.0. The van der Waals surface area contributed by atoms with Gasteiger partial charge in [0.1, 0.15) is 17.1 Å². The number of unbranched alkanes of at least 4 members (excludes halogenated alkanes) is 2. The number of aromatic nitrogens is 2. The number of imidazole rings is 1. The molecule has 0 bridgehead atoms. The Balaban J connectivity index is 1.40. The molecule has 0 saturated carbocycles. The van der Waals surface area contributed by atoms with Crippen molar-refractivity contribution in [2.45, 2.75) is 51.7 Å². The molecule has 2 aromatic heterocycles. The van der Waals surface area contributed by atoms with E-state index in [1.165, 1.54) is 36.5 Å². The smallest absolute Gasteiger partial charge is 0.417 e. The molecule has 1 N–H and O–H groups in total. The zero-order valence-corrected chi connectivity index (χ0v) is 20.6. The van der Waals surface area contributed by atoms with Crippen molar-refractivity contribution in [3.05, 3.63) is 86.5 Å². The number of nitrogens with zero attached hydrogens (tertiary/aromatic N) is 2. The van der Waals surface area contributed by atoms with E-state index < -0.39 is 28.9 Å². The highest BCUT2D eigenvalue weighted by molar-refractivity contribution is 5.85. The number of hydrogen-bond acceptors (Lipinski definition) is 5. The van der Waals surface area contributed by atoms with Crippen LogP contribution in [0, 0.1) is 5.82 Å². The summed E-state index contributed by atoms with van der Waals surface area (Å²) in [5.41, 5.74) is -2.38. The summed E-state index contributed by atoms with van der Waals surface area (Å²) in [6.07, 6.45) is -0.895. The highest BCUT2D eigenvalue weighted by atomic mass is 19.4. The van der Waals surface area contributed by atoms with Crippen molar-refractivity contribution < 1.29 is 31.8 Å². The number of hydrogen-bond donors (Lipinski definition) is 1. The number of aromatic hydroxyl groups is 1. The Labute approximate surface area is 214 Å². The molecule has 0 aliphatic rings. The van der Waals surface area contributed by atoms with Gasteiger partial charge in [0, 0.05) is 23.6 Å². The van der Waals surface area contributed by atoms with Crippen molar-refractivity contribution in [3.63, 3.8) is 0 Å². The van der Waals surface area contributed by atoms with Gasteiger partial charge in [-0.3, -0.25) is 9.13 Å². The second-order valence-electron chi connectivity index (χ2n) is 8.80. The number of ether oxygens (including phenoxy) is 1. The lowest BCUT2D eigenvalue weighted by Crippen LogP contribution is -2.23. The van der Waals surface area contributed by atoms with Crippen molar-refractivity contribution >= 4 is 11.0 Å². The van der Waals surface area contributed by atoms with Crippen LogP contribution in [-0.4, -0.2) is 20.8 Å². The number of para-hydroxylation sites is 1. The minimum absolute atomic E-state index is 0.0383. The molecule has 0 radical (unpaired) electrons. The Hall–Kier alpha value is -4.02. The largest absolute Gasteiger partial charge is 0.493 e. The lowest BCUT2D eigenvalue weighted by molar-refractivity contribution is -0.136. The second kappa shape index (κ2) is 11.2. The van der Waals surface area contributed by atoms with E-state index >= 15 is 0 Å². The molecule has 0 saturated heterocycles. The summed E-state index contributed by atoms with van der Waals surface area (Å²) in [7, 11) is 0. The van der Waals surface area contributed by atoms with Gasteiger partial charge in [0.2, 0.25) is 5.88 Å². The Morgan fingerprint density at radius 3 is 2.53 bits per heavy atom. The van der Waals surface area contributed by atoms with E-state index in [9.17, 15) is 32.3 Å². The fraction of sp³-hybridized carbons (Fsp3) is 0.333. The first-order valence-corrected chi connectivity index (χ1v) is 12.2. The van der Waals surface area contributed by atoms with E-state index in [-0.39, 0.29) is 35.7 Å². The summed E-state index contributed by atoms with van der Waals surface area (Å²) in [6.45, 7) is 2.29. The van der Waals surface area contributed by atoms with Crippen LogP contribution in [0.5, 0.6) is 11.6 Å². The molecular formula is C27H26F4N2O5. The van der Waals surface area contributed by atoms with E-state index in [1.54, 1.807) is 6.07 Å². The van der Waals surface area contributed by atoms with Crippen molar-refractivity contribution in [2.75, 3.05) is 6.61 Å². The third kappa shape index (κ3) is 5.61. The predicted octanol–water partition coefficient (Wildman–Crippen LogP) is 5.81. The van der Waals surface area contributed by atoms with Gasteiger partial charge in [-0.15, -0.1) is 0 Å². The van der Waals surface area contributed by atoms with Gasteiger partial charge in [0.15, 0.2) is 0 Å². The SMILES string of the molecule is CCCc1c(OCCCCCn2c(O)cn(-c3ccccc3F)c2=O)ccc2c(C(F)(F)F)cc(=O)oc12. The van der Waals surface area contributed by atoms with Gasteiger partial charge in [-0.2, -0.15) is 13.2 Å². The molecule has 202 valence electrons. The van der Waals surface area contributed by atoms with Crippen molar-refractivity contribution in [3.8, 4) is 17.3 Å². The van der Waals surface area contributed by atoms with Gasteiger partial charge in [-0.05, 0) is 49.9 Å². The van der Waals surface area contributed by atoms with Gasteiger partial charge in [-0.25, -0.2) is 14.0 Å². The normalized spacial score (nSPS) is 11.8. The molecule has 0 unspecified atom stereocenters. The molecule has 38 heavy (non-hydrogen) atoms. The van der Waals surface area contributed by atoms with E-state index in [2.05, 4.69) is 0 Å². The summed E-state index contributed by atoms with van der Waals surface area (Å²) in [5, 5.41) is 9.97. The zero-order chi connectivity index (χ0) is 27.4. The third-order valence-corrected chi connectivity index (χ3v) is 6.13. The lowest BCUT2D eigenvalue weighted by atomic mass is 10.0. The first-order valence-electron chi connectivity index (χ1n) is 12.2. The molecule has 0 aliphatic carbocycles. The second-order valence-corrected chi connectivity index (χ2v) is 8.80. The van der Waals surface area contributed by atoms with E-state index in [4.69, 9.17) is 9.15 Å². The number of alkyl halides is 3. The summed E-state index contributed by atoms with van der Waals surface area (Å²) < 4.78 is 67.6. The van der Waals surface area contributed by atoms with E-state index in [1.807, 2.05) is 6.92 Å². The predicted molar refractivity (Wildman–Crippen MR) is 132 cm³/mol. The van der Waals surface area contributed by atoms with Crippen molar-refractivity contribution in [1.82, 2.24) is 9.13 Å². The molecule has 0 atom stereocenters. The topological polar surface area (TPSA) is 86.6 Å². The number of halogens is 4. The summed E-state index contributed by atoms with van der Waals surface area (Å²) in [4.78, 5) is 24.5. The zero-order valence-electron chi connectivity index (χ0n) is 20.6. The van der Waals surface area contributed by atoms with Gasteiger partial charge >= 0.3 is 17.5 Å². The minimum Gasteiger partial charge on any atom is -0.493 e. The van der Waals surface area contributed by atoms with E-state index in [0.29, 0.717) is 49.5 Å². The quantitative estimate of drug-likeness (QED) is 0.158. The minimum atomic E-state index is -4.70. The molecule has 2 aromatic carbocycles. The molecule has 0 amide bonds. The highest BCUT2D eigenvalue weighted by Gasteiger charge is 2.34. The molecule has 7 nitrogen and oxygen atoms in total. The Morgan fingerprint density at radius 1 is 1.05 bits per heavy atom. The molecule has 0 aliphatic heterocycles. The molecule has 4 aromatic rings. The van der Waals surface area contributed by atoms with Gasteiger partial charge < -0.3 is 14.3 Å². The van der Waals surface area contributed by atoms with Crippen LogP contribution in [0.3, 0.4) is 0 Å². The van der Waals surface area contributed by atoms with Crippen LogP contribution in [0.4, 0.5) is 17.6 Å². The monoisotopic (exact) mass is 534 g/mol. The first-order chi connectivity index (χ1) is 18.1. The average Bonchev–Trinajstić information content (AvgIpc) is 3.14.